The molecule has 0 aromatic heterocycles. The molecule has 1 heteroatoms. The fourth-order valence-electron chi connectivity index (χ4n) is 0. The Morgan fingerprint density at radius 2 is 0.600 bits per heavy atom. The van der Waals surface area contributed by atoms with Crippen LogP contribution in [-0.4, -0.2) is 0 Å². The molecule has 0 atom stereocenters. The Bertz CT molecular complexity index is 5.61. The summed E-state index contributed by atoms with van der Waals surface area (Å²) in [4.78, 5) is 0. The van der Waals surface area contributed by atoms with Crippen LogP contribution in [0.15, 0.2) is 26.3 Å². The van der Waals surface area contributed by atoms with E-state index in [2.05, 4.69) is 26.3 Å². The molecule has 0 spiro atoms. The van der Waals surface area contributed by atoms with E-state index in [1.165, 1.54) is 0 Å². The van der Waals surface area contributed by atoms with Gasteiger partial charge in [0.25, 0.3) is 0 Å². The molecule has 0 nitrogen and oxygen atoms in total. The quantitative estimate of drug-likeness (QED) is 0.538. The topological polar surface area (TPSA) is 0 Å². The van der Waals surface area contributed by atoms with Crippen molar-refractivity contribution in [3.05, 3.63) is 26.3 Å². The maximum absolute atomic E-state index is 3.00. The Balaban J connectivity index is -0.0000000133. The Morgan fingerprint density at radius 3 is 0.600 bits per heavy atom. The van der Waals surface area contributed by atoms with Crippen molar-refractivity contribution in [2.45, 2.75) is 0 Å². The Morgan fingerprint density at radius 1 is 0.600 bits per heavy atom. The van der Waals surface area contributed by atoms with E-state index in [0.717, 1.165) is 0 Å². The second-order valence-electron chi connectivity index (χ2n) is 0. The fraction of sp³-hybridized carbons (Fsp3) is 0. The molecule has 0 amide bonds. The molecule has 0 fully saturated rings. The predicted octanol–water partition coefficient (Wildman–Crippen LogP) is 1.60. The number of rotatable bonds is 0. The average Bonchev–Trinajstić information content (AvgIpc) is 1.50. The average molecular weight is 215 g/mol. The summed E-state index contributed by atoms with van der Waals surface area (Å²) in [6, 6.07) is 0. The maximum atomic E-state index is 3.00. The van der Waals surface area contributed by atoms with Crippen LogP contribution < -0.4 is 0 Å². The van der Waals surface area contributed by atoms with Crippen LogP contribution in [0.25, 0.3) is 0 Å². The molecule has 5 heavy (non-hydrogen) atoms. The smallest absolute Gasteiger partial charge is 0 e. The third kappa shape index (κ3) is 62.2. The van der Waals surface area contributed by atoms with Crippen molar-refractivity contribution < 1.29 is 38.6 Å². The van der Waals surface area contributed by atoms with Gasteiger partial charge in [0, 0.05) is 38.6 Å². The Labute approximate surface area is 64.4 Å². The van der Waals surface area contributed by atoms with Crippen LogP contribution >= 0.6 is 0 Å². The summed E-state index contributed by atoms with van der Waals surface area (Å²) in [6.45, 7) is 12.0. The minimum Gasteiger partial charge on any atom is -0.106 e. The summed E-state index contributed by atoms with van der Waals surface area (Å²) >= 11 is 0. The van der Waals surface area contributed by atoms with Crippen LogP contribution in [-0.2, 0) is 0 Å². The molecule has 0 saturated carbocycles. The zero-order chi connectivity index (χ0) is 4.00. The van der Waals surface area contributed by atoms with Gasteiger partial charge in [-0.3, -0.25) is 0 Å². The van der Waals surface area contributed by atoms with E-state index in [9.17, 15) is 0 Å². The monoisotopic (exact) mass is 215 g/mol. The molecule has 33 valence electrons. The van der Waals surface area contributed by atoms with E-state index >= 15 is 0 Å². The normalized spacial score (nSPS) is 1.60. The molecule has 0 aromatic rings. The number of hydrogen-bond acceptors (Lipinski definition) is 0. The van der Waals surface area contributed by atoms with Crippen molar-refractivity contribution in [1.82, 2.24) is 0 Å². The maximum Gasteiger partial charge on any atom is 0 e. The molecule has 0 bridgehead atoms. The minimum absolute atomic E-state index is 0. The zero-order valence-corrected chi connectivity index (χ0v) is 5.30. The first-order valence-corrected chi connectivity index (χ1v) is 1.000. The van der Waals surface area contributed by atoms with Gasteiger partial charge in [-0.2, -0.15) is 0 Å². The third-order valence-electron chi connectivity index (χ3n) is 0. The molecule has 1 radical (unpaired) electrons. The van der Waals surface area contributed by atoms with E-state index in [0.29, 0.717) is 0 Å². The molecule has 0 rings (SSSR count). The molecule has 0 aliphatic heterocycles. The largest absolute Gasteiger partial charge is 0.106 e. The van der Waals surface area contributed by atoms with E-state index in [1.54, 1.807) is 0 Å². The van der Waals surface area contributed by atoms with E-state index in [-0.39, 0.29) is 38.6 Å². The summed E-state index contributed by atoms with van der Waals surface area (Å²) in [5.74, 6) is 0. The summed E-state index contributed by atoms with van der Waals surface area (Å²) in [5, 5.41) is 0. The van der Waals surface area contributed by atoms with Gasteiger partial charge in [0.2, 0.25) is 0 Å². The van der Waals surface area contributed by atoms with Crippen molar-refractivity contribution in [1.29, 1.82) is 0 Å². The molecule has 0 unspecified atom stereocenters. The van der Waals surface area contributed by atoms with Gasteiger partial charge in [-0.25, -0.2) is 0 Å². The molecule has 0 aliphatic carbocycles. The molecular weight excluding hydrogens is 207 g/mol. The third-order valence-corrected chi connectivity index (χ3v) is 0. The van der Waals surface area contributed by atoms with E-state index in [4.69, 9.17) is 0 Å². The van der Waals surface area contributed by atoms with Crippen molar-refractivity contribution in [2.24, 2.45) is 0 Å². The van der Waals surface area contributed by atoms with Crippen molar-refractivity contribution in [3.8, 4) is 0 Å². The predicted molar refractivity (Wildman–Crippen MR) is 22.5 cm³/mol. The van der Waals surface area contributed by atoms with Crippen molar-refractivity contribution >= 4 is 0 Å². The summed E-state index contributed by atoms with van der Waals surface area (Å²) in [6.07, 6.45) is 0. The van der Waals surface area contributed by atoms with Crippen LogP contribution in [0, 0.1) is 38.6 Å². The summed E-state index contributed by atoms with van der Waals surface area (Å²) < 4.78 is 0. The van der Waals surface area contributed by atoms with Crippen LogP contribution in [0.4, 0.5) is 0 Å². The van der Waals surface area contributed by atoms with E-state index < -0.39 is 0 Å². The van der Waals surface area contributed by atoms with Gasteiger partial charge in [0.05, 0.1) is 0 Å². The molecule has 0 aromatic carbocycles. The van der Waals surface area contributed by atoms with Gasteiger partial charge in [0.15, 0.2) is 0 Å². The van der Waals surface area contributed by atoms with Crippen molar-refractivity contribution in [3.63, 3.8) is 0 Å². The SMILES string of the molecule is C=C.C=C.[Tb]. The van der Waals surface area contributed by atoms with Gasteiger partial charge in [-0.05, 0) is 0 Å². The standard InChI is InChI=1S/2C2H4.Tb/c2*1-2;/h2*1-2H2;. The molecule has 0 N–H and O–H groups in total. The summed E-state index contributed by atoms with van der Waals surface area (Å²) in [7, 11) is 0. The van der Waals surface area contributed by atoms with Crippen molar-refractivity contribution in [2.75, 3.05) is 0 Å². The second kappa shape index (κ2) is 115. The molecule has 0 aliphatic rings. The minimum atomic E-state index is 0. The van der Waals surface area contributed by atoms with Gasteiger partial charge in [0.1, 0.15) is 0 Å². The molecule has 0 saturated heterocycles. The fourth-order valence-corrected chi connectivity index (χ4v) is 0. The Kier molecular flexibility index (Phi) is 395. The van der Waals surface area contributed by atoms with Crippen LogP contribution in [0.1, 0.15) is 0 Å². The molecule has 0 heterocycles. The Hall–Kier alpha value is 0.766. The van der Waals surface area contributed by atoms with Gasteiger partial charge < -0.3 is 0 Å². The van der Waals surface area contributed by atoms with Gasteiger partial charge >= 0.3 is 0 Å². The molecular formula is C4H8Tb. The first-order chi connectivity index (χ1) is 2.00. The van der Waals surface area contributed by atoms with Crippen LogP contribution in [0.3, 0.4) is 0 Å². The zero-order valence-electron chi connectivity index (χ0n) is 3.16. The first kappa shape index (κ1) is 17.1. The first-order valence-electron chi connectivity index (χ1n) is 1.000. The van der Waals surface area contributed by atoms with Crippen LogP contribution in [0.2, 0.25) is 0 Å². The van der Waals surface area contributed by atoms with E-state index in [1.807, 2.05) is 0 Å². The van der Waals surface area contributed by atoms with Gasteiger partial charge in [-0.15, -0.1) is 26.3 Å². The number of hydrogen-bond donors (Lipinski definition) is 0. The summed E-state index contributed by atoms with van der Waals surface area (Å²) in [5.41, 5.74) is 0. The second-order valence-corrected chi connectivity index (χ2v) is 0. The van der Waals surface area contributed by atoms with Gasteiger partial charge in [-0.1, -0.05) is 0 Å². The van der Waals surface area contributed by atoms with Crippen LogP contribution in [0.5, 0.6) is 0 Å².